The molecule has 0 bridgehead atoms. The molecule has 6 nitrogen and oxygen atoms in total. The number of amides is 1. The molecule has 0 atom stereocenters. The van der Waals surface area contributed by atoms with Crippen molar-refractivity contribution in [2.24, 2.45) is 0 Å². The minimum Gasteiger partial charge on any atom is -0.497 e. The minimum atomic E-state index is -3.76. The molecule has 2 aromatic rings. The van der Waals surface area contributed by atoms with Crippen molar-refractivity contribution >= 4 is 21.6 Å². The molecule has 2 rings (SSSR count). The van der Waals surface area contributed by atoms with Crippen LogP contribution in [0.15, 0.2) is 53.4 Å². The first-order valence-electron chi connectivity index (χ1n) is 8.16. The molecule has 0 aliphatic rings. The van der Waals surface area contributed by atoms with Gasteiger partial charge in [0.2, 0.25) is 15.9 Å². The topological polar surface area (TPSA) is 84.5 Å². The van der Waals surface area contributed by atoms with E-state index < -0.39 is 15.9 Å². The van der Waals surface area contributed by atoms with E-state index in [-0.39, 0.29) is 16.9 Å². The molecular formula is C19H24N2O4S. The molecule has 26 heavy (non-hydrogen) atoms. The lowest BCUT2D eigenvalue weighted by Crippen LogP contribution is -2.33. The van der Waals surface area contributed by atoms with Crippen LogP contribution in [-0.4, -0.2) is 28.0 Å². The van der Waals surface area contributed by atoms with Gasteiger partial charge in [-0.2, -0.15) is 0 Å². The van der Waals surface area contributed by atoms with Crippen LogP contribution >= 0.6 is 0 Å². The van der Waals surface area contributed by atoms with Gasteiger partial charge >= 0.3 is 0 Å². The summed E-state index contributed by atoms with van der Waals surface area (Å²) in [5, 5.41) is 2.62. The number of rotatable bonds is 6. The largest absolute Gasteiger partial charge is 0.497 e. The van der Waals surface area contributed by atoms with Gasteiger partial charge < -0.3 is 10.1 Å². The number of methoxy groups -OCH3 is 1. The molecule has 140 valence electrons. The van der Waals surface area contributed by atoms with E-state index >= 15 is 0 Å². The van der Waals surface area contributed by atoms with E-state index in [0.29, 0.717) is 11.4 Å². The van der Waals surface area contributed by atoms with E-state index in [4.69, 9.17) is 4.74 Å². The fourth-order valence-electron chi connectivity index (χ4n) is 2.28. The number of sulfonamides is 1. The zero-order valence-corrected chi connectivity index (χ0v) is 16.2. The van der Waals surface area contributed by atoms with Crippen molar-refractivity contribution in [2.75, 3.05) is 19.0 Å². The summed E-state index contributed by atoms with van der Waals surface area (Å²) in [6, 6.07) is 13.5. The van der Waals surface area contributed by atoms with Crippen LogP contribution in [0.2, 0.25) is 0 Å². The van der Waals surface area contributed by atoms with E-state index in [1.165, 1.54) is 7.11 Å². The Labute approximate surface area is 154 Å². The molecule has 2 aromatic carbocycles. The highest BCUT2D eigenvalue weighted by atomic mass is 32.2. The SMILES string of the molecule is COc1cccc(NC(=O)CNS(=O)(=O)c2ccc(C(C)(C)C)cc2)c1. The highest BCUT2D eigenvalue weighted by Gasteiger charge is 2.18. The molecule has 0 aliphatic carbocycles. The first-order chi connectivity index (χ1) is 12.1. The molecule has 0 radical (unpaired) electrons. The van der Waals surface area contributed by atoms with Gasteiger partial charge in [0.15, 0.2) is 0 Å². The van der Waals surface area contributed by atoms with Gasteiger partial charge in [0.1, 0.15) is 5.75 Å². The predicted molar refractivity (Wildman–Crippen MR) is 102 cm³/mol. The van der Waals surface area contributed by atoms with Gasteiger partial charge in [-0.25, -0.2) is 13.1 Å². The van der Waals surface area contributed by atoms with Crippen molar-refractivity contribution < 1.29 is 17.9 Å². The number of carbonyl (C=O) groups is 1. The summed E-state index contributed by atoms with van der Waals surface area (Å²) in [5.74, 6) is 0.135. The van der Waals surface area contributed by atoms with Crippen LogP contribution in [0.4, 0.5) is 5.69 Å². The Morgan fingerprint density at radius 3 is 2.31 bits per heavy atom. The maximum atomic E-state index is 12.3. The second kappa shape index (κ2) is 7.88. The lowest BCUT2D eigenvalue weighted by molar-refractivity contribution is -0.115. The third-order valence-corrected chi connectivity index (χ3v) is 5.22. The maximum Gasteiger partial charge on any atom is 0.241 e. The van der Waals surface area contributed by atoms with Gasteiger partial charge in [-0.3, -0.25) is 4.79 Å². The van der Waals surface area contributed by atoms with Crippen LogP contribution < -0.4 is 14.8 Å². The molecule has 0 fully saturated rings. The lowest BCUT2D eigenvalue weighted by Gasteiger charge is -2.19. The van der Waals surface area contributed by atoms with Gasteiger partial charge in [-0.05, 0) is 35.2 Å². The number of hydrogen-bond acceptors (Lipinski definition) is 4. The first kappa shape index (κ1) is 19.9. The summed E-state index contributed by atoms with van der Waals surface area (Å²) in [4.78, 5) is 12.1. The average molecular weight is 376 g/mol. The summed E-state index contributed by atoms with van der Waals surface area (Å²) in [5.41, 5.74) is 1.50. The minimum absolute atomic E-state index is 0.0631. The number of nitrogens with one attached hydrogen (secondary N) is 2. The number of carbonyl (C=O) groups excluding carboxylic acids is 1. The Balaban J connectivity index is 1.99. The van der Waals surface area contributed by atoms with Gasteiger partial charge in [-0.15, -0.1) is 0 Å². The van der Waals surface area contributed by atoms with Crippen LogP contribution in [0.5, 0.6) is 5.75 Å². The number of benzene rings is 2. The molecule has 0 aromatic heterocycles. The molecule has 0 heterocycles. The Morgan fingerprint density at radius 2 is 1.73 bits per heavy atom. The lowest BCUT2D eigenvalue weighted by atomic mass is 9.87. The number of anilines is 1. The van der Waals surface area contributed by atoms with E-state index in [2.05, 4.69) is 30.8 Å². The normalized spacial score (nSPS) is 11.8. The third kappa shape index (κ3) is 5.31. The average Bonchev–Trinajstić information content (AvgIpc) is 2.59. The molecule has 1 amide bonds. The van der Waals surface area contributed by atoms with E-state index in [1.807, 2.05) is 0 Å². The molecule has 0 saturated carbocycles. The van der Waals surface area contributed by atoms with Crippen LogP contribution in [0, 0.1) is 0 Å². The van der Waals surface area contributed by atoms with Crippen LogP contribution in [-0.2, 0) is 20.2 Å². The van der Waals surface area contributed by atoms with Gasteiger partial charge in [0, 0.05) is 11.8 Å². The molecule has 0 saturated heterocycles. The van der Waals surface area contributed by atoms with Gasteiger partial charge in [0.05, 0.1) is 18.6 Å². The highest BCUT2D eigenvalue weighted by molar-refractivity contribution is 7.89. The summed E-state index contributed by atoms with van der Waals surface area (Å²) < 4.78 is 32.1. The zero-order valence-electron chi connectivity index (χ0n) is 15.4. The Bertz CT molecular complexity index is 869. The summed E-state index contributed by atoms with van der Waals surface area (Å²) in [6.45, 7) is 5.80. The summed E-state index contributed by atoms with van der Waals surface area (Å²) >= 11 is 0. The van der Waals surface area contributed by atoms with Crippen molar-refractivity contribution in [2.45, 2.75) is 31.1 Å². The Kier molecular flexibility index (Phi) is 6.05. The van der Waals surface area contributed by atoms with Crippen molar-refractivity contribution in [1.82, 2.24) is 4.72 Å². The van der Waals surface area contributed by atoms with Crippen molar-refractivity contribution in [3.63, 3.8) is 0 Å². The molecule has 0 unspecified atom stereocenters. The van der Waals surface area contributed by atoms with Gasteiger partial charge in [-0.1, -0.05) is 39.0 Å². The molecule has 2 N–H and O–H groups in total. The molecule has 0 spiro atoms. The monoisotopic (exact) mass is 376 g/mol. The fourth-order valence-corrected chi connectivity index (χ4v) is 3.27. The second-order valence-corrected chi connectivity index (χ2v) is 8.65. The molecular weight excluding hydrogens is 352 g/mol. The van der Waals surface area contributed by atoms with Crippen molar-refractivity contribution in [3.05, 3.63) is 54.1 Å². The van der Waals surface area contributed by atoms with Gasteiger partial charge in [0.25, 0.3) is 0 Å². The zero-order chi connectivity index (χ0) is 19.4. The molecule has 0 aliphatic heterocycles. The third-order valence-electron chi connectivity index (χ3n) is 3.81. The first-order valence-corrected chi connectivity index (χ1v) is 9.64. The Hall–Kier alpha value is -2.38. The number of hydrogen-bond donors (Lipinski definition) is 2. The summed E-state index contributed by atoms with van der Waals surface area (Å²) in [6.07, 6.45) is 0. The fraction of sp³-hybridized carbons (Fsp3) is 0.316. The van der Waals surface area contributed by atoms with E-state index in [9.17, 15) is 13.2 Å². The predicted octanol–water partition coefficient (Wildman–Crippen LogP) is 2.91. The maximum absolute atomic E-state index is 12.3. The highest BCUT2D eigenvalue weighted by Crippen LogP contribution is 2.23. The molecule has 7 heteroatoms. The smallest absolute Gasteiger partial charge is 0.241 e. The van der Waals surface area contributed by atoms with E-state index in [0.717, 1.165) is 5.56 Å². The second-order valence-electron chi connectivity index (χ2n) is 6.88. The Morgan fingerprint density at radius 1 is 1.08 bits per heavy atom. The summed E-state index contributed by atoms with van der Waals surface area (Å²) in [7, 11) is -2.23. The van der Waals surface area contributed by atoms with Crippen LogP contribution in [0.1, 0.15) is 26.3 Å². The van der Waals surface area contributed by atoms with E-state index in [1.54, 1.807) is 48.5 Å². The quantitative estimate of drug-likeness (QED) is 0.812. The number of ether oxygens (including phenoxy) is 1. The van der Waals surface area contributed by atoms with Crippen LogP contribution in [0.25, 0.3) is 0 Å². The van der Waals surface area contributed by atoms with Crippen molar-refractivity contribution in [3.8, 4) is 5.75 Å². The van der Waals surface area contributed by atoms with Crippen molar-refractivity contribution in [1.29, 1.82) is 0 Å². The standard InChI is InChI=1S/C19H24N2O4S/c1-19(2,3)14-8-10-17(11-9-14)26(23,24)20-13-18(22)21-15-6-5-7-16(12-15)25-4/h5-12,20H,13H2,1-4H3,(H,21,22). The van der Waals surface area contributed by atoms with Crippen LogP contribution in [0.3, 0.4) is 0 Å².